The van der Waals surface area contributed by atoms with E-state index < -0.39 is 23.7 Å². The molecule has 0 aliphatic rings. The van der Waals surface area contributed by atoms with Crippen LogP contribution in [0.5, 0.6) is 0 Å². The average Bonchev–Trinajstić information content (AvgIpc) is 3.28. The van der Waals surface area contributed by atoms with Gasteiger partial charge in [0.25, 0.3) is 0 Å². The molecule has 0 unspecified atom stereocenters. The molecular formula is C18H15F3N2O3. The van der Waals surface area contributed by atoms with Gasteiger partial charge in [0.1, 0.15) is 11.5 Å². The predicted octanol–water partition coefficient (Wildman–Crippen LogP) is 4.85. The molecule has 2 heterocycles. The molecule has 2 amide bonds. The van der Waals surface area contributed by atoms with Crippen LogP contribution in [0.3, 0.4) is 0 Å². The number of amides is 2. The largest absolute Gasteiger partial charge is 0.469 e. The molecular weight excluding hydrogens is 349 g/mol. The number of anilines is 1. The average molecular weight is 364 g/mol. The van der Waals surface area contributed by atoms with E-state index in [2.05, 4.69) is 10.6 Å². The SMILES string of the molecule is O=C(NCC(c1ccco1)c1ccco1)Nc1ccccc1C(F)(F)F. The molecule has 2 N–H and O–H groups in total. The second kappa shape index (κ2) is 7.38. The number of nitrogens with one attached hydrogen (secondary N) is 2. The number of para-hydroxylation sites is 1. The summed E-state index contributed by atoms with van der Waals surface area (Å²) in [5.74, 6) is 0.732. The Morgan fingerprint density at radius 3 is 2.12 bits per heavy atom. The van der Waals surface area contributed by atoms with E-state index in [4.69, 9.17) is 8.83 Å². The van der Waals surface area contributed by atoms with Crippen LogP contribution < -0.4 is 10.6 Å². The molecule has 0 atom stereocenters. The van der Waals surface area contributed by atoms with Crippen LogP contribution in [0.25, 0.3) is 0 Å². The van der Waals surface area contributed by atoms with Crippen molar-refractivity contribution < 1.29 is 26.8 Å². The monoisotopic (exact) mass is 364 g/mol. The van der Waals surface area contributed by atoms with E-state index in [9.17, 15) is 18.0 Å². The Kier molecular flexibility index (Phi) is 5.01. The quantitative estimate of drug-likeness (QED) is 0.680. The van der Waals surface area contributed by atoms with Crippen LogP contribution in [0.15, 0.2) is 69.9 Å². The molecule has 0 fully saturated rings. The summed E-state index contributed by atoms with van der Waals surface area (Å²) in [6, 6.07) is 10.9. The first kappa shape index (κ1) is 17.7. The van der Waals surface area contributed by atoms with Crippen molar-refractivity contribution in [2.24, 2.45) is 0 Å². The van der Waals surface area contributed by atoms with Gasteiger partial charge in [-0.25, -0.2) is 4.79 Å². The van der Waals surface area contributed by atoms with Gasteiger partial charge in [0.2, 0.25) is 0 Å². The molecule has 5 nitrogen and oxygen atoms in total. The van der Waals surface area contributed by atoms with E-state index in [0.29, 0.717) is 11.5 Å². The van der Waals surface area contributed by atoms with Gasteiger partial charge < -0.3 is 19.5 Å². The zero-order valence-corrected chi connectivity index (χ0v) is 13.4. The molecule has 2 aromatic heterocycles. The molecule has 0 spiro atoms. The minimum Gasteiger partial charge on any atom is -0.469 e. The van der Waals surface area contributed by atoms with Gasteiger partial charge in [-0.05, 0) is 36.4 Å². The number of rotatable bonds is 5. The Morgan fingerprint density at radius 2 is 1.58 bits per heavy atom. The summed E-state index contributed by atoms with van der Waals surface area (Å²) < 4.78 is 49.7. The summed E-state index contributed by atoms with van der Waals surface area (Å²) in [6.45, 7) is 0.0844. The van der Waals surface area contributed by atoms with Crippen molar-refractivity contribution in [3.63, 3.8) is 0 Å². The van der Waals surface area contributed by atoms with Crippen LogP contribution in [0.2, 0.25) is 0 Å². The van der Waals surface area contributed by atoms with Crippen molar-refractivity contribution in [1.29, 1.82) is 0 Å². The second-order valence-electron chi connectivity index (χ2n) is 5.46. The third-order valence-corrected chi connectivity index (χ3v) is 3.72. The molecule has 8 heteroatoms. The number of halogens is 3. The van der Waals surface area contributed by atoms with Gasteiger partial charge in [-0.1, -0.05) is 12.1 Å². The van der Waals surface area contributed by atoms with Gasteiger partial charge >= 0.3 is 12.2 Å². The van der Waals surface area contributed by atoms with E-state index in [1.165, 1.54) is 30.7 Å². The fourth-order valence-corrected chi connectivity index (χ4v) is 2.52. The lowest BCUT2D eigenvalue weighted by Gasteiger charge is -2.16. The van der Waals surface area contributed by atoms with Crippen molar-refractivity contribution in [3.8, 4) is 0 Å². The number of benzene rings is 1. The van der Waals surface area contributed by atoms with Crippen LogP contribution in [0.4, 0.5) is 23.7 Å². The van der Waals surface area contributed by atoms with Crippen molar-refractivity contribution in [1.82, 2.24) is 5.32 Å². The summed E-state index contributed by atoms with van der Waals surface area (Å²) >= 11 is 0. The number of carbonyl (C=O) groups is 1. The van der Waals surface area contributed by atoms with Crippen LogP contribution >= 0.6 is 0 Å². The zero-order chi connectivity index (χ0) is 18.6. The molecule has 0 aliphatic carbocycles. The van der Waals surface area contributed by atoms with Crippen LogP contribution in [-0.2, 0) is 6.18 Å². The van der Waals surface area contributed by atoms with Crippen LogP contribution in [0.1, 0.15) is 23.0 Å². The highest BCUT2D eigenvalue weighted by atomic mass is 19.4. The number of hydrogen-bond donors (Lipinski definition) is 2. The first-order valence-corrected chi connectivity index (χ1v) is 7.73. The van der Waals surface area contributed by atoms with E-state index in [1.807, 2.05) is 0 Å². The van der Waals surface area contributed by atoms with Crippen LogP contribution in [-0.4, -0.2) is 12.6 Å². The highest BCUT2D eigenvalue weighted by molar-refractivity contribution is 5.90. The third kappa shape index (κ3) is 4.08. The molecule has 0 radical (unpaired) electrons. The van der Waals surface area contributed by atoms with E-state index >= 15 is 0 Å². The molecule has 0 saturated carbocycles. The normalized spacial score (nSPS) is 11.5. The smallest absolute Gasteiger partial charge is 0.418 e. The molecule has 0 saturated heterocycles. The number of alkyl halides is 3. The lowest BCUT2D eigenvalue weighted by atomic mass is 10.0. The second-order valence-corrected chi connectivity index (χ2v) is 5.46. The number of carbonyl (C=O) groups excluding carboxylic acids is 1. The molecule has 1 aromatic carbocycles. The summed E-state index contributed by atoms with van der Waals surface area (Å²) in [6.07, 6.45) is -1.58. The summed E-state index contributed by atoms with van der Waals surface area (Å²) in [5.41, 5.74) is -1.23. The minimum absolute atomic E-state index is 0.0844. The van der Waals surface area contributed by atoms with Gasteiger partial charge in [0.05, 0.1) is 29.7 Å². The lowest BCUT2D eigenvalue weighted by Crippen LogP contribution is -2.33. The lowest BCUT2D eigenvalue weighted by molar-refractivity contribution is -0.136. The molecule has 3 rings (SSSR count). The minimum atomic E-state index is -4.56. The standard InChI is InChI=1S/C18H15F3N2O3/c19-18(20,21)13-5-1-2-6-14(13)23-17(24)22-11-12(15-7-3-9-25-15)16-8-4-10-26-16/h1-10,12H,11H2,(H2,22,23,24). The fourth-order valence-electron chi connectivity index (χ4n) is 2.52. The van der Waals surface area contributed by atoms with Gasteiger partial charge in [-0.15, -0.1) is 0 Å². The highest BCUT2D eigenvalue weighted by Crippen LogP contribution is 2.34. The molecule has 0 bridgehead atoms. The Morgan fingerprint density at radius 1 is 0.962 bits per heavy atom. The van der Waals surface area contributed by atoms with Gasteiger partial charge in [-0.2, -0.15) is 13.2 Å². The predicted molar refractivity (Wildman–Crippen MR) is 87.7 cm³/mol. The van der Waals surface area contributed by atoms with Gasteiger partial charge in [0, 0.05) is 6.54 Å². The van der Waals surface area contributed by atoms with Gasteiger partial charge in [0.15, 0.2) is 0 Å². The Labute approximate surface area is 146 Å². The maximum atomic E-state index is 13.0. The van der Waals surface area contributed by atoms with Crippen molar-refractivity contribution in [2.45, 2.75) is 12.1 Å². The third-order valence-electron chi connectivity index (χ3n) is 3.72. The Hall–Kier alpha value is -3.16. The summed E-state index contributed by atoms with van der Waals surface area (Å²) in [7, 11) is 0. The number of hydrogen-bond acceptors (Lipinski definition) is 3. The maximum Gasteiger partial charge on any atom is 0.418 e. The van der Waals surface area contributed by atoms with Crippen molar-refractivity contribution in [3.05, 3.63) is 78.1 Å². The number of furan rings is 2. The fraction of sp³-hybridized carbons (Fsp3) is 0.167. The molecule has 0 aliphatic heterocycles. The summed E-state index contributed by atoms with van der Waals surface area (Å²) in [4.78, 5) is 12.1. The maximum absolute atomic E-state index is 13.0. The number of urea groups is 1. The summed E-state index contributed by atoms with van der Waals surface area (Å²) in [5, 5.41) is 4.78. The molecule has 3 aromatic rings. The van der Waals surface area contributed by atoms with Crippen molar-refractivity contribution >= 4 is 11.7 Å². The van der Waals surface area contributed by atoms with Crippen molar-refractivity contribution in [2.75, 3.05) is 11.9 Å². The first-order chi connectivity index (χ1) is 12.4. The topological polar surface area (TPSA) is 67.4 Å². The zero-order valence-electron chi connectivity index (χ0n) is 13.4. The first-order valence-electron chi connectivity index (χ1n) is 7.73. The van der Waals surface area contributed by atoms with Crippen LogP contribution in [0, 0.1) is 0 Å². The molecule has 136 valence electrons. The van der Waals surface area contributed by atoms with E-state index in [0.717, 1.165) is 6.07 Å². The van der Waals surface area contributed by atoms with Gasteiger partial charge in [-0.3, -0.25) is 0 Å². The Balaban J connectivity index is 1.69. The Bertz CT molecular complexity index is 809. The van der Waals surface area contributed by atoms with E-state index in [-0.39, 0.29) is 12.2 Å². The highest BCUT2D eigenvalue weighted by Gasteiger charge is 2.33. The molecule has 26 heavy (non-hydrogen) atoms. The van der Waals surface area contributed by atoms with E-state index in [1.54, 1.807) is 24.3 Å².